The molecule has 1 aliphatic heterocycles. The molecule has 6 heteroatoms. The summed E-state index contributed by atoms with van der Waals surface area (Å²) >= 11 is 0. The maximum atomic E-state index is 12.5. The summed E-state index contributed by atoms with van der Waals surface area (Å²) in [5.74, 6) is 0. The number of likely N-dealkylation sites (tertiary alicyclic amines) is 1. The lowest BCUT2D eigenvalue weighted by Gasteiger charge is -2.30. The molecule has 0 spiro atoms. The molecule has 0 unspecified atom stereocenters. The van der Waals surface area contributed by atoms with Crippen LogP contribution in [0.15, 0.2) is 23.1 Å². The van der Waals surface area contributed by atoms with E-state index in [4.69, 9.17) is 5.26 Å². The number of nitrogens with zero attached hydrogens (tertiary/aromatic N) is 2. The summed E-state index contributed by atoms with van der Waals surface area (Å²) in [5, 5.41) is 8.67. The number of rotatable bonds is 4. The van der Waals surface area contributed by atoms with Crippen LogP contribution in [0.4, 0.5) is 0 Å². The minimum atomic E-state index is -3.48. The Hall–Kier alpha value is -1.42. The summed E-state index contributed by atoms with van der Waals surface area (Å²) in [7, 11) is -3.48. The molecule has 1 aliphatic rings. The van der Waals surface area contributed by atoms with Crippen LogP contribution in [0.25, 0.3) is 0 Å². The predicted octanol–water partition coefficient (Wildman–Crippen LogP) is 1.57. The quantitative estimate of drug-likeness (QED) is 0.857. The molecule has 5 nitrogen and oxygen atoms in total. The molecule has 1 saturated heterocycles. The number of nitriles is 1. The Balaban J connectivity index is 2.06. The third kappa shape index (κ3) is 4.03. The first-order valence-corrected chi connectivity index (χ1v) is 8.59. The Morgan fingerprint density at radius 1 is 1.33 bits per heavy atom. The van der Waals surface area contributed by atoms with Crippen molar-refractivity contribution in [2.75, 3.05) is 19.6 Å². The zero-order chi connectivity index (χ0) is 15.5. The highest BCUT2D eigenvalue weighted by atomic mass is 32.2. The van der Waals surface area contributed by atoms with Crippen molar-refractivity contribution < 1.29 is 8.42 Å². The standard InChI is InChI=1S/C15H21N3O2S/c1-12-3-4-13(2)15(11-12)21(19,20)17-14-5-8-18(9-6-14)10-7-16/h3-4,11,14,17H,5-6,8-10H2,1-2H3. The van der Waals surface area contributed by atoms with Crippen molar-refractivity contribution in [3.8, 4) is 6.07 Å². The predicted molar refractivity (Wildman–Crippen MR) is 81.3 cm³/mol. The minimum absolute atomic E-state index is 0.0511. The van der Waals surface area contributed by atoms with Gasteiger partial charge in [0.25, 0.3) is 0 Å². The number of sulfonamides is 1. The van der Waals surface area contributed by atoms with Gasteiger partial charge in [0.05, 0.1) is 17.5 Å². The van der Waals surface area contributed by atoms with Crippen LogP contribution in [0.5, 0.6) is 0 Å². The van der Waals surface area contributed by atoms with E-state index in [2.05, 4.69) is 10.8 Å². The molecule has 1 aromatic rings. The Kier molecular flexibility index (Phi) is 4.99. The van der Waals surface area contributed by atoms with Gasteiger partial charge in [0.2, 0.25) is 10.0 Å². The zero-order valence-electron chi connectivity index (χ0n) is 12.5. The van der Waals surface area contributed by atoms with Gasteiger partial charge in [0.15, 0.2) is 0 Å². The van der Waals surface area contributed by atoms with Crippen LogP contribution in [0.1, 0.15) is 24.0 Å². The van der Waals surface area contributed by atoms with Crippen molar-refractivity contribution in [2.45, 2.75) is 37.6 Å². The van der Waals surface area contributed by atoms with Gasteiger partial charge < -0.3 is 0 Å². The summed E-state index contributed by atoms with van der Waals surface area (Å²) in [6.07, 6.45) is 1.48. The Labute approximate surface area is 126 Å². The van der Waals surface area contributed by atoms with E-state index in [1.807, 2.05) is 30.9 Å². The molecule has 0 amide bonds. The van der Waals surface area contributed by atoms with E-state index in [9.17, 15) is 8.42 Å². The molecule has 2 rings (SSSR count). The fourth-order valence-corrected chi connectivity index (χ4v) is 4.22. The van der Waals surface area contributed by atoms with Crippen molar-refractivity contribution in [1.29, 1.82) is 5.26 Å². The molecule has 114 valence electrons. The molecule has 0 radical (unpaired) electrons. The lowest BCUT2D eigenvalue weighted by Crippen LogP contribution is -2.44. The van der Waals surface area contributed by atoms with Crippen LogP contribution in [0.2, 0.25) is 0 Å². The van der Waals surface area contributed by atoms with Crippen LogP contribution >= 0.6 is 0 Å². The highest BCUT2D eigenvalue weighted by Crippen LogP contribution is 2.19. The number of piperidine rings is 1. The summed E-state index contributed by atoms with van der Waals surface area (Å²) < 4.78 is 27.8. The van der Waals surface area contributed by atoms with Gasteiger partial charge >= 0.3 is 0 Å². The number of aryl methyl sites for hydroxylation is 2. The van der Waals surface area contributed by atoms with Crippen LogP contribution in [-0.2, 0) is 10.0 Å². The van der Waals surface area contributed by atoms with E-state index < -0.39 is 10.0 Å². The third-order valence-electron chi connectivity index (χ3n) is 3.84. The van der Waals surface area contributed by atoms with Crippen LogP contribution in [0.3, 0.4) is 0 Å². The molecule has 1 N–H and O–H groups in total. The molecule has 21 heavy (non-hydrogen) atoms. The summed E-state index contributed by atoms with van der Waals surface area (Å²) in [5.41, 5.74) is 1.69. The molecular formula is C15H21N3O2S. The van der Waals surface area contributed by atoms with E-state index in [1.165, 1.54) is 0 Å². The average Bonchev–Trinajstić information content (AvgIpc) is 2.43. The van der Waals surface area contributed by atoms with Gasteiger partial charge in [-0.15, -0.1) is 0 Å². The Morgan fingerprint density at radius 3 is 2.62 bits per heavy atom. The molecular weight excluding hydrogens is 286 g/mol. The van der Waals surface area contributed by atoms with Crippen LogP contribution in [0, 0.1) is 25.2 Å². The normalized spacial score (nSPS) is 17.6. The second-order valence-corrected chi connectivity index (χ2v) is 7.28. The number of nitrogens with one attached hydrogen (secondary N) is 1. The maximum absolute atomic E-state index is 12.5. The van der Waals surface area contributed by atoms with Crippen molar-refractivity contribution in [3.05, 3.63) is 29.3 Å². The average molecular weight is 307 g/mol. The molecule has 0 atom stereocenters. The molecule has 0 aromatic heterocycles. The van der Waals surface area contributed by atoms with E-state index >= 15 is 0 Å². The molecule has 0 aliphatic carbocycles. The van der Waals surface area contributed by atoms with Gasteiger partial charge in [-0.3, -0.25) is 4.90 Å². The lowest BCUT2D eigenvalue weighted by atomic mass is 10.1. The minimum Gasteiger partial charge on any atom is -0.290 e. The van der Waals surface area contributed by atoms with Crippen molar-refractivity contribution >= 4 is 10.0 Å². The van der Waals surface area contributed by atoms with E-state index in [1.54, 1.807) is 6.07 Å². The Bertz CT molecular complexity index is 641. The molecule has 1 aromatic carbocycles. The van der Waals surface area contributed by atoms with Crippen LogP contribution < -0.4 is 4.72 Å². The SMILES string of the molecule is Cc1ccc(C)c(S(=O)(=O)NC2CCN(CC#N)CC2)c1. The molecule has 0 saturated carbocycles. The van der Waals surface area contributed by atoms with Gasteiger partial charge in [-0.25, -0.2) is 13.1 Å². The first kappa shape index (κ1) is 16.0. The van der Waals surface area contributed by atoms with E-state index in [0.29, 0.717) is 11.4 Å². The van der Waals surface area contributed by atoms with E-state index in [-0.39, 0.29) is 6.04 Å². The van der Waals surface area contributed by atoms with Gasteiger partial charge in [-0.1, -0.05) is 12.1 Å². The Morgan fingerprint density at radius 2 is 2.00 bits per heavy atom. The smallest absolute Gasteiger partial charge is 0.241 e. The van der Waals surface area contributed by atoms with Gasteiger partial charge in [0.1, 0.15) is 0 Å². The summed E-state index contributed by atoms with van der Waals surface area (Å²) in [6, 6.07) is 7.53. The number of hydrogen-bond acceptors (Lipinski definition) is 4. The number of hydrogen-bond donors (Lipinski definition) is 1. The fraction of sp³-hybridized carbons (Fsp3) is 0.533. The third-order valence-corrected chi connectivity index (χ3v) is 5.50. The largest absolute Gasteiger partial charge is 0.290 e. The monoisotopic (exact) mass is 307 g/mol. The molecule has 1 heterocycles. The van der Waals surface area contributed by atoms with Crippen molar-refractivity contribution in [2.24, 2.45) is 0 Å². The maximum Gasteiger partial charge on any atom is 0.241 e. The lowest BCUT2D eigenvalue weighted by molar-refractivity contribution is 0.229. The zero-order valence-corrected chi connectivity index (χ0v) is 13.3. The van der Waals surface area contributed by atoms with Crippen LogP contribution in [-0.4, -0.2) is 39.0 Å². The van der Waals surface area contributed by atoms with E-state index in [0.717, 1.165) is 37.1 Å². The highest BCUT2D eigenvalue weighted by Gasteiger charge is 2.25. The van der Waals surface area contributed by atoms with Crippen molar-refractivity contribution in [1.82, 2.24) is 9.62 Å². The van der Waals surface area contributed by atoms with Gasteiger partial charge in [0, 0.05) is 19.1 Å². The summed E-state index contributed by atoms with van der Waals surface area (Å²) in [6.45, 7) is 5.62. The molecule has 1 fully saturated rings. The second-order valence-electron chi connectivity index (χ2n) is 5.60. The van der Waals surface area contributed by atoms with Gasteiger partial charge in [-0.2, -0.15) is 5.26 Å². The first-order valence-electron chi connectivity index (χ1n) is 7.11. The van der Waals surface area contributed by atoms with Gasteiger partial charge in [-0.05, 0) is 43.9 Å². The fourth-order valence-electron chi connectivity index (χ4n) is 2.59. The molecule has 0 bridgehead atoms. The second kappa shape index (κ2) is 6.56. The van der Waals surface area contributed by atoms with Crippen molar-refractivity contribution in [3.63, 3.8) is 0 Å². The first-order chi connectivity index (χ1) is 9.92. The number of benzene rings is 1. The summed E-state index contributed by atoms with van der Waals surface area (Å²) in [4.78, 5) is 2.41. The highest BCUT2D eigenvalue weighted by molar-refractivity contribution is 7.89. The topological polar surface area (TPSA) is 73.2 Å².